The van der Waals surface area contributed by atoms with Crippen molar-refractivity contribution in [3.63, 3.8) is 0 Å². The number of likely N-dealkylation sites (tertiary alicyclic amines) is 1. The summed E-state index contributed by atoms with van der Waals surface area (Å²) in [6, 6.07) is 4.66. The van der Waals surface area contributed by atoms with Gasteiger partial charge in [-0.3, -0.25) is 4.79 Å². The summed E-state index contributed by atoms with van der Waals surface area (Å²) < 4.78 is 47.6. The number of alkyl halides is 1. The van der Waals surface area contributed by atoms with E-state index in [-0.39, 0.29) is 35.9 Å². The van der Waals surface area contributed by atoms with Crippen LogP contribution in [-0.4, -0.2) is 63.1 Å². The minimum atomic E-state index is -1.92. The molecule has 1 saturated carbocycles. The number of hydrogen-bond acceptors (Lipinski definition) is 7. The van der Waals surface area contributed by atoms with Gasteiger partial charge in [0.25, 0.3) is 12.0 Å². The molecule has 1 amide bonds. The lowest BCUT2D eigenvalue weighted by atomic mass is 10.0. The first-order chi connectivity index (χ1) is 16.4. The van der Waals surface area contributed by atoms with E-state index in [9.17, 15) is 18.0 Å². The normalized spacial score (nSPS) is 20.9. The number of nitrogens with one attached hydrogen (secondary N) is 2. The van der Waals surface area contributed by atoms with Crippen LogP contribution in [0.25, 0.3) is 22.9 Å². The Hall–Kier alpha value is -3.41. The highest BCUT2D eigenvalue weighted by molar-refractivity contribution is 5.96. The molecule has 1 aliphatic heterocycles. The fraction of sp³-hybridized carbons (Fsp3) is 0.455. The topological polar surface area (TPSA) is 101 Å². The molecule has 0 unspecified atom stereocenters. The number of nitrogens with zero attached hydrogens (tertiary/aromatic N) is 5. The molecule has 180 valence electrons. The number of hydrogen-bond donors (Lipinski definition) is 2. The van der Waals surface area contributed by atoms with Crippen LogP contribution in [0.2, 0.25) is 0 Å². The second kappa shape index (κ2) is 9.09. The first-order valence-electron chi connectivity index (χ1n) is 11.1. The van der Waals surface area contributed by atoms with Crippen LogP contribution < -0.4 is 10.6 Å². The van der Waals surface area contributed by atoms with Gasteiger partial charge in [0.2, 0.25) is 11.8 Å². The molecule has 0 radical (unpaired) electrons. The fourth-order valence-corrected chi connectivity index (χ4v) is 4.11. The van der Waals surface area contributed by atoms with Gasteiger partial charge >= 0.3 is 0 Å². The van der Waals surface area contributed by atoms with E-state index < -0.39 is 18.3 Å². The predicted octanol–water partition coefficient (Wildman–Crippen LogP) is 3.13. The van der Waals surface area contributed by atoms with Crippen LogP contribution in [0, 0.1) is 5.92 Å². The van der Waals surface area contributed by atoms with Crippen molar-refractivity contribution in [3.05, 3.63) is 35.9 Å². The van der Waals surface area contributed by atoms with E-state index in [0.717, 1.165) is 24.1 Å². The van der Waals surface area contributed by atoms with Crippen molar-refractivity contribution >= 4 is 28.6 Å². The zero-order valence-electron chi connectivity index (χ0n) is 18.5. The highest BCUT2D eigenvalue weighted by Crippen LogP contribution is 2.31. The van der Waals surface area contributed by atoms with Gasteiger partial charge in [-0.25, -0.2) is 4.39 Å². The van der Waals surface area contributed by atoms with Crippen LogP contribution in [0.3, 0.4) is 0 Å². The highest BCUT2D eigenvalue weighted by Gasteiger charge is 2.30. The number of amides is 1. The van der Waals surface area contributed by atoms with Gasteiger partial charge in [-0.1, -0.05) is 12.1 Å². The number of carbonyl (C=O) groups excluding carboxylic acids is 1. The average molecular weight is 475 g/mol. The second-order valence-corrected chi connectivity index (χ2v) is 8.73. The van der Waals surface area contributed by atoms with Crippen LogP contribution in [0.1, 0.15) is 30.8 Å². The Morgan fingerprint density at radius 2 is 2.12 bits per heavy atom. The van der Waals surface area contributed by atoms with Crippen molar-refractivity contribution in [2.24, 2.45) is 5.92 Å². The Morgan fingerprint density at radius 3 is 2.85 bits per heavy atom. The lowest BCUT2D eigenvalue weighted by Crippen LogP contribution is -2.46. The lowest BCUT2D eigenvalue weighted by Gasteiger charge is -2.33. The summed E-state index contributed by atoms with van der Waals surface area (Å²) in [7, 11) is 1.87. The standard InChI is InChI=1S/C22H24F3N7O2/c1-31-8-7-15(14(23)11-31)27-16-4-2-3-13-17(9-18(24)25)32(29-20(13)16)22-28-19(34-30-22)10-26-21(33)12-5-6-12/h2-4,9,12,14-15,27H,5-8,10-11H2,1H3,(H,26,33)/t14-,15+/m0/s1. The second-order valence-electron chi connectivity index (χ2n) is 8.73. The largest absolute Gasteiger partial charge is 0.377 e. The summed E-state index contributed by atoms with van der Waals surface area (Å²) in [4.78, 5) is 18.0. The number of piperidine rings is 1. The van der Waals surface area contributed by atoms with E-state index in [1.807, 2.05) is 11.9 Å². The van der Waals surface area contributed by atoms with E-state index in [1.165, 1.54) is 0 Å². The molecule has 1 saturated heterocycles. The van der Waals surface area contributed by atoms with Crippen LogP contribution in [0.5, 0.6) is 0 Å². The molecule has 2 fully saturated rings. The van der Waals surface area contributed by atoms with Gasteiger partial charge in [-0.2, -0.15) is 23.5 Å². The van der Waals surface area contributed by atoms with E-state index in [4.69, 9.17) is 4.52 Å². The minimum Gasteiger partial charge on any atom is -0.377 e. The van der Waals surface area contributed by atoms with Gasteiger partial charge in [0.15, 0.2) is 0 Å². The van der Waals surface area contributed by atoms with Crippen LogP contribution in [-0.2, 0) is 11.3 Å². The van der Waals surface area contributed by atoms with Crippen molar-refractivity contribution in [3.8, 4) is 5.95 Å². The molecule has 9 nitrogen and oxygen atoms in total. The van der Waals surface area contributed by atoms with E-state index in [2.05, 4.69) is 25.9 Å². The number of rotatable bonds is 7. The maximum absolute atomic E-state index is 14.6. The van der Waals surface area contributed by atoms with Gasteiger partial charge in [-0.15, -0.1) is 0 Å². The summed E-state index contributed by atoms with van der Waals surface area (Å²) >= 11 is 0. The lowest BCUT2D eigenvalue weighted by molar-refractivity contribution is -0.122. The number of halogens is 3. The molecule has 3 heterocycles. The molecule has 2 aromatic heterocycles. The molecule has 1 aliphatic carbocycles. The number of aromatic nitrogens is 4. The Kier molecular flexibility index (Phi) is 5.98. The Bertz CT molecular complexity index is 1230. The summed E-state index contributed by atoms with van der Waals surface area (Å²) in [5.74, 6) is 0.0306. The average Bonchev–Trinajstić information content (AvgIpc) is 3.44. The monoisotopic (exact) mass is 475 g/mol. The number of carbonyl (C=O) groups is 1. The highest BCUT2D eigenvalue weighted by atomic mass is 19.3. The Labute approximate surface area is 193 Å². The minimum absolute atomic E-state index is 0.0301. The smallest absolute Gasteiger partial charge is 0.291 e. The molecule has 2 N–H and O–H groups in total. The number of fused-ring (bicyclic) bond motifs is 1. The first-order valence-corrected chi connectivity index (χ1v) is 11.1. The molecular weight excluding hydrogens is 451 g/mol. The van der Waals surface area contributed by atoms with Crippen molar-refractivity contribution in [1.82, 2.24) is 30.1 Å². The fourth-order valence-electron chi connectivity index (χ4n) is 4.11. The maximum Gasteiger partial charge on any atom is 0.291 e. The molecule has 12 heteroatoms. The molecule has 2 atom stereocenters. The van der Waals surface area contributed by atoms with Crippen molar-refractivity contribution in [2.45, 2.75) is 38.0 Å². The zero-order chi connectivity index (χ0) is 23.8. The third-order valence-corrected chi connectivity index (χ3v) is 6.08. The molecule has 0 bridgehead atoms. The maximum atomic E-state index is 14.6. The first kappa shape index (κ1) is 22.4. The van der Waals surface area contributed by atoms with Crippen LogP contribution >= 0.6 is 0 Å². The summed E-state index contributed by atoms with van der Waals surface area (Å²) in [5, 5.41) is 14.7. The van der Waals surface area contributed by atoms with Crippen LogP contribution in [0.4, 0.5) is 18.9 Å². The molecule has 3 aromatic rings. The molecular formula is C22H24F3N7O2. The molecule has 0 spiro atoms. The van der Waals surface area contributed by atoms with E-state index in [1.54, 1.807) is 18.2 Å². The predicted molar refractivity (Wildman–Crippen MR) is 118 cm³/mol. The van der Waals surface area contributed by atoms with Gasteiger partial charge in [0.05, 0.1) is 24.0 Å². The third kappa shape index (κ3) is 4.63. The number of anilines is 1. The SMILES string of the molecule is CN1CC[C@@H](Nc2cccc3c(C=C(F)F)n(-c4noc(CNC(=O)C5CC5)n4)nc23)[C@@H](F)C1. The van der Waals surface area contributed by atoms with Crippen molar-refractivity contribution in [1.29, 1.82) is 0 Å². The molecule has 5 rings (SSSR count). The van der Waals surface area contributed by atoms with Crippen LogP contribution in [0.15, 0.2) is 28.8 Å². The third-order valence-electron chi connectivity index (χ3n) is 6.08. The van der Waals surface area contributed by atoms with Gasteiger partial charge in [-0.05, 0) is 37.5 Å². The van der Waals surface area contributed by atoms with Gasteiger partial charge < -0.3 is 20.1 Å². The van der Waals surface area contributed by atoms with Gasteiger partial charge in [0, 0.05) is 30.5 Å². The summed E-state index contributed by atoms with van der Waals surface area (Å²) in [6.07, 6.45) is 0.00858. The zero-order valence-corrected chi connectivity index (χ0v) is 18.5. The molecule has 2 aliphatic rings. The summed E-state index contributed by atoms with van der Waals surface area (Å²) in [5.41, 5.74) is 0.977. The number of benzene rings is 1. The van der Waals surface area contributed by atoms with Crippen molar-refractivity contribution < 1.29 is 22.5 Å². The van der Waals surface area contributed by atoms with E-state index in [0.29, 0.717) is 35.6 Å². The Morgan fingerprint density at radius 1 is 1.29 bits per heavy atom. The Balaban J connectivity index is 1.46. The summed E-state index contributed by atoms with van der Waals surface area (Å²) in [6.45, 7) is 1.09. The van der Waals surface area contributed by atoms with Crippen molar-refractivity contribution in [2.75, 3.05) is 25.5 Å². The van der Waals surface area contributed by atoms with Gasteiger partial charge in [0.1, 0.15) is 11.7 Å². The van der Waals surface area contributed by atoms with E-state index >= 15 is 0 Å². The quantitative estimate of drug-likeness (QED) is 0.542. The molecule has 34 heavy (non-hydrogen) atoms. The molecule has 1 aromatic carbocycles.